The molecule has 1 aromatic carbocycles. The Morgan fingerprint density at radius 3 is 2.12 bits per heavy atom. The molecule has 0 saturated heterocycles. The average molecular weight is 466 g/mol. The SMILES string of the molecule is Cc1ccc(C)c(C(C(=O)NC(C)C)N(C(=O)C(CS)NC(=O)OC(C)(C)C)C(C)C)c1. The number of thiol groups is 1. The van der Waals surface area contributed by atoms with E-state index in [0.717, 1.165) is 16.7 Å². The lowest BCUT2D eigenvalue weighted by molar-refractivity contribution is -0.144. The number of alkyl carbamates (subject to hydrolysis) is 1. The van der Waals surface area contributed by atoms with Crippen LogP contribution in [-0.4, -0.2) is 52.3 Å². The number of nitrogens with zero attached hydrogens (tertiary/aromatic N) is 1. The summed E-state index contributed by atoms with van der Waals surface area (Å²) in [5, 5.41) is 5.55. The quantitative estimate of drug-likeness (QED) is 0.508. The summed E-state index contributed by atoms with van der Waals surface area (Å²) in [6, 6.07) is 3.63. The Balaban J connectivity index is 3.43. The van der Waals surface area contributed by atoms with E-state index >= 15 is 0 Å². The van der Waals surface area contributed by atoms with Gasteiger partial charge in [0.1, 0.15) is 17.7 Å². The highest BCUT2D eigenvalue weighted by Gasteiger charge is 2.38. The van der Waals surface area contributed by atoms with Gasteiger partial charge in [-0.05, 0) is 73.4 Å². The largest absolute Gasteiger partial charge is 0.444 e. The monoisotopic (exact) mass is 465 g/mol. The van der Waals surface area contributed by atoms with E-state index in [1.165, 1.54) is 4.90 Å². The molecule has 2 unspecified atom stereocenters. The molecule has 180 valence electrons. The Hall–Kier alpha value is -2.22. The second-order valence-corrected chi connectivity index (χ2v) is 10.0. The fourth-order valence-corrected chi connectivity index (χ4v) is 3.58. The molecule has 1 aromatic rings. The van der Waals surface area contributed by atoms with E-state index in [4.69, 9.17) is 4.74 Å². The number of carbonyl (C=O) groups excluding carboxylic acids is 3. The molecule has 0 aliphatic heterocycles. The first-order valence-corrected chi connectivity index (χ1v) is 11.6. The first-order chi connectivity index (χ1) is 14.7. The van der Waals surface area contributed by atoms with Crippen LogP contribution in [-0.2, 0) is 14.3 Å². The molecule has 0 spiro atoms. The van der Waals surface area contributed by atoms with Gasteiger partial charge < -0.3 is 20.3 Å². The molecule has 0 aliphatic rings. The first kappa shape index (κ1) is 27.8. The molecular weight excluding hydrogens is 426 g/mol. The number of hydrogen-bond acceptors (Lipinski definition) is 5. The Kier molecular flexibility index (Phi) is 10.1. The fourth-order valence-electron chi connectivity index (χ4n) is 3.33. The maximum atomic E-state index is 13.6. The third kappa shape index (κ3) is 8.04. The normalized spacial score (nSPS) is 13.5. The lowest BCUT2D eigenvalue weighted by atomic mass is 9.95. The predicted octanol–water partition coefficient (Wildman–Crippen LogP) is 3.93. The van der Waals surface area contributed by atoms with Crippen molar-refractivity contribution < 1.29 is 19.1 Å². The number of nitrogens with one attached hydrogen (secondary N) is 2. The predicted molar refractivity (Wildman–Crippen MR) is 131 cm³/mol. The van der Waals surface area contributed by atoms with Crippen LogP contribution < -0.4 is 10.6 Å². The Bertz CT molecular complexity index is 818. The van der Waals surface area contributed by atoms with Crippen LogP contribution in [0.25, 0.3) is 0 Å². The molecule has 2 N–H and O–H groups in total. The van der Waals surface area contributed by atoms with Gasteiger partial charge in [-0.1, -0.05) is 23.8 Å². The van der Waals surface area contributed by atoms with Crippen LogP contribution in [0.2, 0.25) is 0 Å². The van der Waals surface area contributed by atoms with Gasteiger partial charge in [0.05, 0.1) is 0 Å². The van der Waals surface area contributed by atoms with Crippen molar-refractivity contribution in [1.29, 1.82) is 0 Å². The van der Waals surface area contributed by atoms with Crippen molar-refractivity contribution in [3.8, 4) is 0 Å². The lowest BCUT2D eigenvalue weighted by Gasteiger charge is -2.38. The van der Waals surface area contributed by atoms with Crippen LogP contribution in [0.1, 0.15) is 71.2 Å². The van der Waals surface area contributed by atoms with Gasteiger partial charge in [-0.15, -0.1) is 0 Å². The van der Waals surface area contributed by atoms with Crippen LogP contribution in [0.4, 0.5) is 4.79 Å². The van der Waals surface area contributed by atoms with Crippen molar-refractivity contribution in [2.24, 2.45) is 0 Å². The molecule has 7 nitrogen and oxygen atoms in total. The highest BCUT2D eigenvalue weighted by atomic mass is 32.1. The van der Waals surface area contributed by atoms with Gasteiger partial charge in [0.15, 0.2) is 0 Å². The van der Waals surface area contributed by atoms with Crippen LogP contribution in [0.15, 0.2) is 18.2 Å². The zero-order valence-electron chi connectivity index (χ0n) is 20.8. The molecule has 0 heterocycles. The van der Waals surface area contributed by atoms with E-state index in [-0.39, 0.29) is 23.7 Å². The van der Waals surface area contributed by atoms with Crippen LogP contribution >= 0.6 is 12.6 Å². The molecule has 2 atom stereocenters. The van der Waals surface area contributed by atoms with Crippen LogP contribution in [0.5, 0.6) is 0 Å². The molecule has 1 rings (SSSR count). The summed E-state index contributed by atoms with van der Waals surface area (Å²) in [5.41, 5.74) is 1.94. The summed E-state index contributed by atoms with van der Waals surface area (Å²) in [7, 11) is 0. The van der Waals surface area contributed by atoms with E-state index in [9.17, 15) is 14.4 Å². The second kappa shape index (κ2) is 11.6. The minimum absolute atomic E-state index is 0.0621. The lowest BCUT2D eigenvalue weighted by Crippen LogP contribution is -2.56. The highest BCUT2D eigenvalue weighted by Crippen LogP contribution is 2.28. The highest BCUT2D eigenvalue weighted by molar-refractivity contribution is 7.80. The third-order valence-electron chi connectivity index (χ3n) is 4.67. The molecule has 8 heteroatoms. The standard InChI is InChI=1S/C24H39N3O4S/c1-14(2)25-21(28)20(18-12-16(5)10-11-17(18)6)27(15(3)4)22(29)19(13-32)26-23(30)31-24(7,8)9/h10-12,14-15,19-20,32H,13H2,1-9H3,(H,25,28)(H,26,30). The van der Waals surface area contributed by atoms with E-state index < -0.39 is 29.7 Å². The number of ether oxygens (including phenoxy) is 1. The summed E-state index contributed by atoms with van der Waals surface area (Å²) >= 11 is 4.29. The molecule has 0 aliphatic carbocycles. The van der Waals surface area contributed by atoms with Crippen LogP contribution in [0, 0.1) is 13.8 Å². The van der Waals surface area contributed by atoms with Crippen molar-refractivity contribution >= 4 is 30.5 Å². The average Bonchev–Trinajstić information content (AvgIpc) is 2.63. The van der Waals surface area contributed by atoms with Gasteiger partial charge in [-0.2, -0.15) is 12.6 Å². The zero-order valence-corrected chi connectivity index (χ0v) is 21.7. The smallest absolute Gasteiger partial charge is 0.408 e. The minimum Gasteiger partial charge on any atom is -0.444 e. The summed E-state index contributed by atoms with van der Waals surface area (Å²) in [6.07, 6.45) is -0.705. The first-order valence-electron chi connectivity index (χ1n) is 11.0. The summed E-state index contributed by atoms with van der Waals surface area (Å²) in [5.74, 6) is -0.608. The number of aryl methyl sites for hydroxylation is 2. The zero-order chi connectivity index (χ0) is 24.8. The molecular formula is C24H39N3O4S. The Morgan fingerprint density at radius 2 is 1.66 bits per heavy atom. The van der Waals surface area contributed by atoms with E-state index in [1.807, 2.05) is 59.7 Å². The van der Waals surface area contributed by atoms with Gasteiger partial charge in [-0.3, -0.25) is 9.59 Å². The van der Waals surface area contributed by atoms with E-state index in [2.05, 4.69) is 23.3 Å². The minimum atomic E-state index is -0.949. The number of amides is 3. The van der Waals surface area contributed by atoms with Gasteiger partial charge in [0.2, 0.25) is 11.8 Å². The van der Waals surface area contributed by atoms with Gasteiger partial charge in [0, 0.05) is 17.8 Å². The second-order valence-electron chi connectivity index (χ2n) is 9.65. The van der Waals surface area contributed by atoms with Gasteiger partial charge in [-0.25, -0.2) is 4.79 Å². The summed E-state index contributed by atoms with van der Waals surface area (Å²) in [4.78, 5) is 40.8. The summed E-state index contributed by atoms with van der Waals surface area (Å²) < 4.78 is 5.31. The van der Waals surface area contributed by atoms with Crippen molar-refractivity contribution in [2.45, 2.75) is 92.1 Å². The Labute approximate surface area is 198 Å². The van der Waals surface area contributed by atoms with Crippen molar-refractivity contribution in [2.75, 3.05) is 5.75 Å². The Morgan fingerprint density at radius 1 is 1.06 bits per heavy atom. The van der Waals surface area contributed by atoms with Gasteiger partial charge in [0.25, 0.3) is 0 Å². The van der Waals surface area contributed by atoms with Crippen molar-refractivity contribution in [1.82, 2.24) is 15.5 Å². The van der Waals surface area contributed by atoms with Crippen LogP contribution in [0.3, 0.4) is 0 Å². The van der Waals surface area contributed by atoms with Crippen molar-refractivity contribution in [3.05, 3.63) is 34.9 Å². The van der Waals surface area contributed by atoms with E-state index in [0.29, 0.717) is 0 Å². The number of hydrogen-bond donors (Lipinski definition) is 3. The number of benzene rings is 1. The molecule has 0 aromatic heterocycles. The molecule has 0 radical (unpaired) electrons. The number of rotatable bonds is 8. The molecule has 0 fully saturated rings. The maximum absolute atomic E-state index is 13.6. The fraction of sp³-hybridized carbons (Fsp3) is 0.625. The molecule has 3 amide bonds. The van der Waals surface area contributed by atoms with E-state index in [1.54, 1.807) is 20.8 Å². The van der Waals surface area contributed by atoms with Crippen molar-refractivity contribution in [3.63, 3.8) is 0 Å². The molecule has 0 bridgehead atoms. The topological polar surface area (TPSA) is 87.7 Å². The molecule has 32 heavy (non-hydrogen) atoms. The van der Waals surface area contributed by atoms with Gasteiger partial charge >= 0.3 is 6.09 Å². The third-order valence-corrected chi connectivity index (χ3v) is 5.03. The summed E-state index contributed by atoms with van der Waals surface area (Å²) in [6.45, 7) is 16.6. The maximum Gasteiger partial charge on any atom is 0.408 e. The number of carbonyl (C=O) groups is 3. The molecule has 0 saturated carbocycles.